The van der Waals surface area contributed by atoms with Crippen molar-refractivity contribution in [3.05, 3.63) is 0 Å². The molecule has 0 aromatic carbocycles. The molecule has 2 heterocycles. The molecule has 0 aromatic heterocycles. The smallest absolute Gasteiger partial charge is 0.0680 e. The Morgan fingerprint density at radius 1 is 1.12 bits per heavy atom. The van der Waals surface area contributed by atoms with Gasteiger partial charge in [0.15, 0.2) is 0 Å². The summed E-state index contributed by atoms with van der Waals surface area (Å²) in [7, 11) is 0. The van der Waals surface area contributed by atoms with Gasteiger partial charge >= 0.3 is 0 Å². The zero-order valence-corrected chi connectivity index (χ0v) is 11.8. The van der Waals surface area contributed by atoms with Gasteiger partial charge in [-0.1, -0.05) is 0 Å². The second kappa shape index (κ2) is 3.48. The highest BCUT2D eigenvalue weighted by molar-refractivity contribution is 5.14. The van der Waals surface area contributed by atoms with Crippen LogP contribution in [0.3, 0.4) is 0 Å². The maximum absolute atomic E-state index is 6.32. The molecular formula is C15H27NO. The Morgan fingerprint density at radius 2 is 1.82 bits per heavy atom. The molecular weight excluding hydrogens is 210 g/mol. The SMILES string of the molecule is CC1(C)CC(C2(C3CC3)CCCN2)C(C)(C)O1. The Labute approximate surface area is 105 Å². The molecule has 3 fully saturated rings. The van der Waals surface area contributed by atoms with Crippen molar-refractivity contribution < 1.29 is 4.74 Å². The second-order valence-corrected chi connectivity index (χ2v) is 7.57. The molecule has 2 nitrogen and oxygen atoms in total. The highest BCUT2D eigenvalue weighted by atomic mass is 16.5. The van der Waals surface area contributed by atoms with Crippen molar-refractivity contribution >= 4 is 0 Å². The highest BCUT2D eigenvalue weighted by Gasteiger charge is 2.60. The molecule has 0 aromatic rings. The molecule has 2 atom stereocenters. The second-order valence-electron chi connectivity index (χ2n) is 7.57. The van der Waals surface area contributed by atoms with Crippen molar-refractivity contribution in [2.45, 2.75) is 76.5 Å². The summed E-state index contributed by atoms with van der Waals surface area (Å²) in [5.41, 5.74) is 0.487. The van der Waals surface area contributed by atoms with Crippen molar-refractivity contribution in [1.82, 2.24) is 5.32 Å². The lowest BCUT2D eigenvalue weighted by atomic mass is 9.69. The summed E-state index contributed by atoms with van der Waals surface area (Å²) in [6.45, 7) is 10.3. The molecule has 2 aliphatic heterocycles. The molecule has 17 heavy (non-hydrogen) atoms. The van der Waals surface area contributed by atoms with E-state index >= 15 is 0 Å². The van der Waals surface area contributed by atoms with E-state index in [0.29, 0.717) is 11.5 Å². The lowest BCUT2D eigenvalue weighted by Crippen LogP contribution is -2.54. The zero-order valence-electron chi connectivity index (χ0n) is 11.8. The van der Waals surface area contributed by atoms with Crippen LogP contribution in [0.15, 0.2) is 0 Å². The summed E-state index contributed by atoms with van der Waals surface area (Å²) in [6.07, 6.45) is 6.79. The predicted molar refractivity (Wildman–Crippen MR) is 70.0 cm³/mol. The Balaban J connectivity index is 1.91. The van der Waals surface area contributed by atoms with Crippen molar-refractivity contribution in [2.24, 2.45) is 11.8 Å². The molecule has 0 bridgehead atoms. The first-order chi connectivity index (χ1) is 7.86. The largest absolute Gasteiger partial charge is 0.369 e. The number of nitrogens with one attached hydrogen (secondary N) is 1. The van der Waals surface area contributed by atoms with Crippen LogP contribution in [0.1, 0.15) is 59.8 Å². The van der Waals surface area contributed by atoms with Crippen LogP contribution in [0.2, 0.25) is 0 Å². The monoisotopic (exact) mass is 237 g/mol. The van der Waals surface area contributed by atoms with Gasteiger partial charge in [0.05, 0.1) is 11.2 Å². The average Bonchev–Trinajstić information content (AvgIpc) is 2.88. The van der Waals surface area contributed by atoms with Crippen LogP contribution in [0.5, 0.6) is 0 Å². The van der Waals surface area contributed by atoms with E-state index in [-0.39, 0.29) is 11.2 Å². The fourth-order valence-corrected chi connectivity index (χ4v) is 4.68. The van der Waals surface area contributed by atoms with Gasteiger partial charge in [-0.15, -0.1) is 0 Å². The maximum Gasteiger partial charge on any atom is 0.0680 e. The summed E-state index contributed by atoms with van der Waals surface area (Å²) < 4.78 is 6.32. The van der Waals surface area contributed by atoms with Crippen LogP contribution in [-0.2, 0) is 4.74 Å². The number of hydrogen-bond donors (Lipinski definition) is 1. The van der Waals surface area contributed by atoms with E-state index < -0.39 is 0 Å². The highest BCUT2D eigenvalue weighted by Crippen LogP contribution is 2.56. The van der Waals surface area contributed by atoms with E-state index in [0.717, 1.165) is 5.92 Å². The van der Waals surface area contributed by atoms with Crippen LogP contribution in [-0.4, -0.2) is 23.3 Å². The standard InChI is InChI=1S/C15H27NO/c1-13(2)10-12(14(3,4)17-13)15(11-6-7-11)8-5-9-16-15/h11-12,16H,5-10H2,1-4H3. The van der Waals surface area contributed by atoms with Crippen molar-refractivity contribution in [3.8, 4) is 0 Å². The van der Waals surface area contributed by atoms with Gasteiger partial charge in [-0.05, 0) is 72.3 Å². The minimum atomic E-state index is 0.0312. The van der Waals surface area contributed by atoms with Crippen LogP contribution >= 0.6 is 0 Å². The van der Waals surface area contributed by atoms with Crippen molar-refractivity contribution in [2.75, 3.05) is 6.54 Å². The topological polar surface area (TPSA) is 21.3 Å². The van der Waals surface area contributed by atoms with Crippen LogP contribution in [0.4, 0.5) is 0 Å². The molecule has 2 saturated heterocycles. The molecule has 1 aliphatic carbocycles. The normalized spacial score (nSPS) is 44.1. The molecule has 2 unspecified atom stereocenters. The minimum absolute atomic E-state index is 0.0312. The van der Waals surface area contributed by atoms with Gasteiger partial charge in [-0.25, -0.2) is 0 Å². The Kier molecular flexibility index (Phi) is 2.45. The third kappa shape index (κ3) is 1.84. The average molecular weight is 237 g/mol. The molecule has 0 amide bonds. The van der Waals surface area contributed by atoms with E-state index in [4.69, 9.17) is 4.74 Å². The number of ether oxygens (including phenoxy) is 1. The molecule has 1 saturated carbocycles. The van der Waals surface area contributed by atoms with Gasteiger partial charge in [0, 0.05) is 11.5 Å². The first-order valence-electron chi connectivity index (χ1n) is 7.31. The van der Waals surface area contributed by atoms with Crippen LogP contribution < -0.4 is 5.32 Å². The third-order valence-corrected chi connectivity index (χ3v) is 5.22. The van der Waals surface area contributed by atoms with Gasteiger partial charge in [-0.2, -0.15) is 0 Å². The quantitative estimate of drug-likeness (QED) is 0.797. The van der Waals surface area contributed by atoms with Gasteiger partial charge in [0.1, 0.15) is 0 Å². The summed E-state index contributed by atoms with van der Waals surface area (Å²) in [6, 6.07) is 0. The summed E-state index contributed by atoms with van der Waals surface area (Å²) >= 11 is 0. The first kappa shape index (κ1) is 12.0. The van der Waals surface area contributed by atoms with Gasteiger partial charge in [-0.3, -0.25) is 0 Å². The molecule has 2 heteroatoms. The van der Waals surface area contributed by atoms with Crippen LogP contribution in [0.25, 0.3) is 0 Å². The Bertz CT molecular complexity index is 311. The first-order valence-corrected chi connectivity index (χ1v) is 7.31. The third-order valence-electron chi connectivity index (χ3n) is 5.22. The Morgan fingerprint density at radius 3 is 2.24 bits per heavy atom. The van der Waals surface area contributed by atoms with E-state index in [1.807, 2.05) is 0 Å². The van der Waals surface area contributed by atoms with E-state index in [9.17, 15) is 0 Å². The molecule has 0 radical (unpaired) electrons. The van der Waals surface area contributed by atoms with Gasteiger partial charge in [0.25, 0.3) is 0 Å². The molecule has 0 spiro atoms. The summed E-state index contributed by atoms with van der Waals surface area (Å²) in [4.78, 5) is 0. The van der Waals surface area contributed by atoms with E-state index in [2.05, 4.69) is 33.0 Å². The minimum Gasteiger partial charge on any atom is -0.369 e. The fourth-order valence-electron chi connectivity index (χ4n) is 4.68. The van der Waals surface area contributed by atoms with Crippen LogP contribution in [0, 0.1) is 11.8 Å². The van der Waals surface area contributed by atoms with Gasteiger partial charge < -0.3 is 10.1 Å². The predicted octanol–water partition coefficient (Wildman–Crippen LogP) is 3.11. The van der Waals surface area contributed by atoms with Crippen molar-refractivity contribution in [3.63, 3.8) is 0 Å². The molecule has 98 valence electrons. The molecule has 1 N–H and O–H groups in total. The van der Waals surface area contributed by atoms with E-state index in [1.54, 1.807) is 0 Å². The van der Waals surface area contributed by atoms with E-state index in [1.165, 1.54) is 38.6 Å². The summed E-state index contributed by atoms with van der Waals surface area (Å²) in [5.74, 6) is 1.60. The van der Waals surface area contributed by atoms with Crippen molar-refractivity contribution in [1.29, 1.82) is 0 Å². The Hall–Kier alpha value is -0.0800. The maximum atomic E-state index is 6.32. The number of hydrogen-bond acceptors (Lipinski definition) is 2. The zero-order chi connectivity index (χ0) is 12.3. The molecule has 3 aliphatic rings. The lowest BCUT2D eigenvalue weighted by molar-refractivity contribution is -0.0847. The number of rotatable bonds is 2. The van der Waals surface area contributed by atoms with Gasteiger partial charge in [0.2, 0.25) is 0 Å². The summed E-state index contributed by atoms with van der Waals surface area (Å²) in [5, 5.41) is 3.89. The molecule has 3 rings (SSSR count). The lowest BCUT2D eigenvalue weighted by Gasteiger charge is -2.42. The fraction of sp³-hybridized carbons (Fsp3) is 1.00.